The van der Waals surface area contributed by atoms with Gasteiger partial charge in [0.15, 0.2) is 0 Å². The smallest absolute Gasteiger partial charge is 0.126 e. The van der Waals surface area contributed by atoms with Gasteiger partial charge in [0, 0.05) is 30.7 Å². The second-order valence-corrected chi connectivity index (χ2v) is 6.13. The Morgan fingerprint density at radius 2 is 1.89 bits per heavy atom. The van der Waals surface area contributed by atoms with Gasteiger partial charge < -0.3 is 5.32 Å². The van der Waals surface area contributed by atoms with Crippen molar-refractivity contribution in [2.75, 3.05) is 13.1 Å². The van der Waals surface area contributed by atoms with Gasteiger partial charge in [0.2, 0.25) is 0 Å². The van der Waals surface area contributed by atoms with Crippen LogP contribution in [0.25, 0.3) is 0 Å². The fraction of sp³-hybridized carbons (Fsp3) is 0.600. The topological polar surface area (TPSA) is 15.3 Å². The van der Waals surface area contributed by atoms with Gasteiger partial charge in [-0.1, -0.05) is 0 Å². The Morgan fingerprint density at radius 1 is 1.26 bits per heavy atom. The average molecular weight is 268 g/mol. The first-order valence-electron chi connectivity index (χ1n) is 6.80. The molecule has 0 bridgehead atoms. The largest absolute Gasteiger partial charge is 0.310 e. The van der Waals surface area contributed by atoms with E-state index < -0.39 is 11.6 Å². The molecular formula is C15H22F2N2. The van der Waals surface area contributed by atoms with E-state index >= 15 is 0 Å². The van der Waals surface area contributed by atoms with Crippen molar-refractivity contribution >= 4 is 0 Å². The minimum Gasteiger partial charge on any atom is -0.310 e. The number of hydrogen-bond acceptors (Lipinski definition) is 2. The first kappa shape index (κ1) is 14.4. The zero-order chi connectivity index (χ0) is 14.0. The summed E-state index contributed by atoms with van der Waals surface area (Å²) in [6, 6.07) is 4.16. The summed E-state index contributed by atoms with van der Waals surface area (Å²) in [5, 5.41) is 3.50. The summed E-state index contributed by atoms with van der Waals surface area (Å²) in [5.41, 5.74) is 0.721. The van der Waals surface area contributed by atoms with Gasteiger partial charge >= 0.3 is 0 Å². The molecule has 1 saturated heterocycles. The van der Waals surface area contributed by atoms with Crippen LogP contribution in [0.3, 0.4) is 0 Å². The fourth-order valence-electron chi connectivity index (χ4n) is 2.67. The van der Waals surface area contributed by atoms with Gasteiger partial charge in [0.25, 0.3) is 0 Å². The molecule has 4 heteroatoms. The predicted molar refractivity (Wildman–Crippen MR) is 72.9 cm³/mol. The van der Waals surface area contributed by atoms with E-state index in [1.165, 1.54) is 12.1 Å². The lowest BCUT2D eigenvalue weighted by atomic mass is 10.0. The summed E-state index contributed by atoms with van der Waals surface area (Å²) < 4.78 is 26.5. The third-order valence-electron chi connectivity index (χ3n) is 3.70. The molecule has 0 spiro atoms. The maximum absolute atomic E-state index is 13.2. The lowest BCUT2D eigenvalue weighted by Gasteiger charge is -2.33. The van der Waals surface area contributed by atoms with Gasteiger partial charge in [-0.05, 0) is 51.4 Å². The molecule has 1 atom stereocenters. The maximum atomic E-state index is 13.2. The number of nitrogens with zero attached hydrogens (tertiary/aromatic N) is 1. The molecule has 1 aromatic rings. The van der Waals surface area contributed by atoms with Crippen LogP contribution < -0.4 is 5.32 Å². The molecule has 0 aromatic heterocycles. The summed E-state index contributed by atoms with van der Waals surface area (Å²) >= 11 is 0. The molecule has 106 valence electrons. The summed E-state index contributed by atoms with van der Waals surface area (Å²) in [7, 11) is 0. The average Bonchev–Trinajstić information content (AvgIpc) is 2.36. The summed E-state index contributed by atoms with van der Waals surface area (Å²) in [6.45, 7) is 8.91. The van der Waals surface area contributed by atoms with Crippen LogP contribution in [0.2, 0.25) is 0 Å². The molecule has 1 aliphatic heterocycles. The Morgan fingerprint density at radius 3 is 2.53 bits per heavy atom. The van der Waals surface area contributed by atoms with Crippen molar-refractivity contribution in [3.05, 3.63) is 35.4 Å². The molecular weight excluding hydrogens is 246 g/mol. The van der Waals surface area contributed by atoms with Crippen molar-refractivity contribution < 1.29 is 8.78 Å². The monoisotopic (exact) mass is 268 g/mol. The third kappa shape index (κ3) is 3.98. The fourth-order valence-corrected chi connectivity index (χ4v) is 2.67. The Hall–Kier alpha value is -1.00. The molecule has 0 aliphatic carbocycles. The summed E-state index contributed by atoms with van der Waals surface area (Å²) in [6.07, 6.45) is 1.04. The molecule has 1 fully saturated rings. The molecule has 0 saturated carbocycles. The zero-order valence-corrected chi connectivity index (χ0v) is 11.8. The van der Waals surface area contributed by atoms with Crippen LogP contribution in [0.4, 0.5) is 8.78 Å². The van der Waals surface area contributed by atoms with Crippen molar-refractivity contribution in [2.45, 2.75) is 45.3 Å². The molecule has 19 heavy (non-hydrogen) atoms. The number of nitrogens with one attached hydrogen (secondary N) is 1. The predicted octanol–water partition coefficient (Wildman–Crippen LogP) is 2.93. The Balaban J connectivity index is 2.15. The van der Waals surface area contributed by atoms with E-state index in [4.69, 9.17) is 0 Å². The number of benzene rings is 1. The van der Waals surface area contributed by atoms with E-state index in [2.05, 4.69) is 31.0 Å². The molecule has 1 aromatic carbocycles. The number of hydrogen-bond donors (Lipinski definition) is 1. The molecule has 2 nitrogen and oxygen atoms in total. The van der Waals surface area contributed by atoms with E-state index in [0.29, 0.717) is 18.2 Å². The van der Waals surface area contributed by atoms with Crippen molar-refractivity contribution in [1.82, 2.24) is 10.2 Å². The van der Waals surface area contributed by atoms with Crippen molar-refractivity contribution in [3.8, 4) is 0 Å². The molecule has 0 amide bonds. The van der Waals surface area contributed by atoms with Crippen LogP contribution in [-0.2, 0) is 6.54 Å². The second-order valence-electron chi connectivity index (χ2n) is 6.13. The minimum absolute atomic E-state index is 0.0244. The van der Waals surface area contributed by atoms with Gasteiger partial charge in [0.05, 0.1) is 0 Å². The normalized spacial score (nSPS) is 24.2. The molecule has 0 radical (unpaired) electrons. The van der Waals surface area contributed by atoms with E-state index in [1.54, 1.807) is 0 Å². The third-order valence-corrected chi connectivity index (χ3v) is 3.70. The van der Waals surface area contributed by atoms with Crippen LogP contribution in [0.15, 0.2) is 18.2 Å². The lowest BCUT2D eigenvalue weighted by Crippen LogP contribution is -2.47. The second kappa shape index (κ2) is 5.55. The summed E-state index contributed by atoms with van der Waals surface area (Å²) in [4.78, 5) is 2.29. The highest BCUT2D eigenvalue weighted by Gasteiger charge is 2.27. The highest BCUT2D eigenvalue weighted by Crippen LogP contribution is 2.19. The van der Waals surface area contributed by atoms with E-state index in [1.807, 2.05) is 0 Å². The number of halogens is 2. The highest BCUT2D eigenvalue weighted by molar-refractivity contribution is 5.18. The Kier molecular flexibility index (Phi) is 4.21. The van der Waals surface area contributed by atoms with E-state index in [-0.39, 0.29) is 5.54 Å². The highest BCUT2D eigenvalue weighted by atomic mass is 19.1. The Labute approximate surface area is 113 Å². The van der Waals surface area contributed by atoms with Crippen molar-refractivity contribution in [2.24, 2.45) is 0 Å². The standard InChI is InChI=1S/C15H22F2N2/c1-11-4-5-18-15(2,3)10-19(11)9-12-6-13(16)8-14(17)7-12/h6-8,11,18H,4-5,9-10H2,1-3H3. The zero-order valence-electron chi connectivity index (χ0n) is 11.8. The maximum Gasteiger partial charge on any atom is 0.126 e. The van der Waals surface area contributed by atoms with Gasteiger partial charge in [-0.2, -0.15) is 0 Å². The molecule has 2 rings (SSSR count). The SMILES string of the molecule is CC1CCNC(C)(C)CN1Cc1cc(F)cc(F)c1. The lowest BCUT2D eigenvalue weighted by molar-refractivity contribution is 0.172. The number of rotatable bonds is 2. The molecule has 1 N–H and O–H groups in total. The molecule has 1 aliphatic rings. The summed E-state index contributed by atoms with van der Waals surface area (Å²) in [5.74, 6) is -1.01. The van der Waals surface area contributed by atoms with E-state index in [0.717, 1.165) is 25.6 Å². The first-order chi connectivity index (χ1) is 8.85. The van der Waals surface area contributed by atoms with Crippen molar-refractivity contribution in [3.63, 3.8) is 0 Å². The molecule has 1 unspecified atom stereocenters. The van der Waals surface area contributed by atoms with Gasteiger partial charge in [0.1, 0.15) is 11.6 Å². The van der Waals surface area contributed by atoms with Crippen molar-refractivity contribution in [1.29, 1.82) is 0 Å². The van der Waals surface area contributed by atoms with Crippen LogP contribution >= 0.6 is 0 Å². The molecule has 1 heterocycles. The first-order valence-corrected chi connectivity index (χ1v) is 6.80. The van der Waals surface area contributed by atoms with Crippen LogP contribution in [0.5, 0.6) is 0 Å². The minimum atomic E-state index is -0.505. The van der Waals surface area contributed by atoms with Crippen LogP contribution in [-0.4, -0.2) is 29.6 Å². The quantitative estimate of drug-likeness (QED) is 0.887. The van der Waals surface area contributed by atoms with Gasteiger partial charge in [-0.25, -0.2) is 8.78 Å². The van der Waals surface area contributed by atoms with Crippen LogP contribution in [0.1, 0.15) is 32.8 Å². The Bertz CT molecular complexity index is 426. The van der Waals surface area contributed by atoms with E-state index in [9.17, 15) is 8.78 Å². The van der Waals surface area contributed by atoms with Gasteiger partial charge in [-0.3, -0.25) is 4.90 Å². The van der Waals surface area contributed by atoms with Gasteiger partial charge in [-0.15, -0.1) is 0 Å². The van der Waals surface area contributed by atoms with Crippen LogP contribution in [0, 0.1) is 11.6 Å².